The van der Waals surface area contributed by atoms with Crippen LogP contribution in [0.25, 0.3) is 22.3 Å². The number of aryl methyl sites for hydroxylation is 2. The Morgan fingerprint density at radius 1 is 0.531 bits per heavy atom. The lowest BCUT2D eigenvalue weighted by molar-refractivity contribution is 0.424. The monoisotopic (exact) mass is 426 g/mol. The van der Waals surface area contributed by atoms with Crippen molar-refractivity contribution in [1.29, 1.82) is 0 Å². The third kappa shape index (κ3) is 2.67. The van der Waals surface area contributed by atoms with E-state index in [1.54, 1.807) is 0 Å². The largest absolute Gasteiger partial charge is 0.488 e. The molecule has 0 atom stereocenters. The second-order valence-electron chi connectivity index (χ2n) is 10.5. The van der Waals surface area contributed by atoms with Gasteiger partial charge in [0.25, 0.3) is 0 Å². The maximum absolute atomic E-state index is 9.79. The molecule has 0 saturated carbocycles. The number of hydrogen-bond acceptors (Lipinski definition) is 4. The minimum Gasteiger partial charge on any atom is -0.423 e. The van der Waals surface area contributed by atoms with E-state index in [-0.39, 0.29) is 10.8 Å². The van der Waals surface area contributed by atoms with Gasteiger partial charge in [0.05, 0.1) is 0 Å². The molecule has 3 aromatic rings. The molecule has 0 saturated heterocycles. The average molecular weight is 426 g/mol. The number of hydrogen-bond donors (Lipinski definition) is 4. The van der Waals surface area contributed by atoms with E-state index in [4.69, 9.17) is 0 Å². The van der Waals surface area contributed by atoms with Crippen LogP contribution in [0.4, 0.5) is 0 Å². The molecule has 0 aliphatic heterocycles. The van der Waals surface area contributed by atoms with Crippen molar-refractivity contribution in [2.45, 2.75) is 52.4 Å². The van der Waals surface area contributed by atoms with Crippen molar-refractivity contribution in [3.8, 4) is 22.3 Å². The Morgan fingerprint density at radius 2 is 0.875 bits per heavy atom. The predicted molar refractivity (Wildman–Crippen MR) is 131 cm³/mol. The normalized spacial score (nSPS) is 16.3. The second kappa shape index (κ2) is 6.58. The molecule has 3 aromatic carbocycles. The van der Waals surface area contributed by atoms with Crippen molar-refractivity contribution in [1.82, 2.24) is 0 Å². The number of benzene rings is 3. The topological polar surface area (TPSA) is 80.9 Å². The zero-order valence-corrected chi connectivity index (χ0v) is 19.4. The van der Waals surface area contributed by atoms with E-state index in [1.165, 1.54) is 33.4 Å². The Balaban J connectivity index is 1.81. The Labute approximate surface area is 189 Å². The molecule has 0 bridgehead atoms. The summed E-state index contributed by atoms with van der Waals surface area (Å²) in [6.07, 6.45) is 0. The molecule has 0 heterocycles. The molecule has 0 radical (unpaired) electrons. The summed E-state index contributed by atoms with van der Waals surface area (Å²) >= 11 is 0. The zero-order valence-electron chi connectivity index (χ0n) is 19.4. The van der Waals surface area contributed by atoms with Crippen molar-refractivity contribution >= 4 is 25.2 Å². The van der Waals surface area contributed by atoms with Gasteiger partial charge in [0.1, 0.15) is 0 Å². The summed E-state index contributed by atoms with van der Waals surface area (Å²) in [6, 6.07) is 12.2. The third-order valence-electron chi connectivity index (χ3n) is 7.70. The first-order valence-corrected chi connectivity index (χ1v) is 11.1. The van der Waals surface area contributed by atoms with Crippen LogP contribution in [0.15, 0.2) is 36.4 Å². The van der Waals surface area contributed by atoms with E-state index in [0.29, 0.717) is 10.9 Å². The van der Waals surface area contributed by atoms with E-state index in [1.807, 2.05) is 38.1 Å². The maximum Gasteiger partial charge on any atom is 0.488 e. The van der Waals surface area contributed by atoms with Crippen molar-refractivity contribution in [2.24, 2.45) is 0 Å². The van der Waals surface area contributed by atoms with Gasteiger partial charge < -0.3 is 20.1 Å². The average Bonchev–Trinajstić information content (AvgIpc) is 3.06. The quantitative estimate of drug-likeness (QED) is 0.475. The van der Waals surface area contributed by atoms with Crippen LogP contribution in [0.5, 0.6) is 0 Å². The van der Waals surface area contributed by atoms with Gasteiger partial charge in [-0.1, -0.05) is 52.0 Å². The fraction of sp³-hybridized carbons (Fsp3) is 0.308. The summed E-state index contributed by atoms with van der Waals surface area (Å²) in [7, 11) is -2.99. The van der Waals surface area contributed by atoms with Crippen LogP contribution in [0.2, 0.25) is 0 Å². The molecule has 4 N–H and O–H groups in total. The van der Waals surface area contributed by atoms with Crippen molar-refractivity contribution < 1.29 is 20.1 Å². The molecule has 2 aliphatic rings. The minimum atomic E-state index is -1.49. The van der Waals surface area contributed by atoms with E-state index in [2.05, 4.69) is 39.8 Å². The van der Waals surface area contributed by atoms with Gasteiger partial charge in [0.15, 0.2) is 0 Å². The highest BCUT2D eigenvalue weighted by Gasteiger charge is 2.43. The summed E-state index contributed by atoms with van der Waals surface area (Å²) in [6.45, 7) is 12.8. The lowest BCUT2D eigenvalue weighted by Gasteiger charge is -2.24. The standard InChI is InChI=1S/C26H28B2O4/c1-13-7-15(27(29)30)9-21-23(13)17-11-20-18(12-19(17)25(21,3)4)24-14(2)8-16(28(31)32)10-22(24)26(20,5)6/h7-12,29-32H,1-6H3. The maximum atomic E-state index is 9.79. The third-order valence-corrected chi connectivity index (χ3v) is 7.70. The molecule has 0 aromatic heterocycles. The Bertz CT molecular complexity index is 1200. The molecule has 0 unspecified atom stereocenters. The van der Waals surface area contributed by atoms with Crippen LogP contribution in [-0.4, -0.2) is 34.3 Å². The van der Waals surface area contributed by atoms with Crippen molar-refractivity contribution in [3.63, 3.8) is 0 Å². The lowest BCUT2D eigenvalue weighted by atomic mass is 9.74. The molecule has 4 nitrogen and oxygen atoms in total. The predicted octanol–water partition coefficient (Wildman–Crippen LogP) is 2.28. The minimum absolute atomic E-state index is 0.280. The van der Waals surface area contributed by atoms with E-state index < -0.39 is 14.2 Å². The Morgan fingerprint density at radius 3 is 1.19 bits per heavy atom. The summed E-state index contributed by atoms with van der Waals surface area (Å²) in [5.74, 6) is 0. The number of rotatable bonds is 2. The first-order valence-electron chi connectivity index (χ1n) is 11.1. The molecule has 2 aliphatic carbocycles. The fourth-order valence-electron chi connectivity index (χ4n) is 5.97. The SMILES string of the molecule is Cc1cc(B(O)O)cc2c1-c1cc3c(cc1C2(C)C)-c1c(C)cc(B(O)O)cc1C3(C)C. The highest BCUT2D eigenvalue weighted by atomic mass is 16.4. The van der Waals surface area contributed by atoms with Crippen molar-refractivity contribution in [3.05, 3.63) is 69.8 Å². The van der Waals surface area contributed by atoms with Crippen LogP contribution in [0.1, 0.15) is 61.1 Å². The molecule has 6 heteroatoms. The van der Waals surface area contributed by atoms with Crippen LogP contribution in [-0.2, 0) is 10.8 Å². The number of fused-ring (bicyclic) bond motifs is 6. The van der Waals surface area contributed by atoms with Gasteiger partial charge in [0, 0.05) is 10.8 Å². The van der Waals surface area contributed by atoms with Gasteiger partial charge in [-0.3, -0.25) is 0 Å². The molecular weight excluding hydrogens is 398 g/mol. The fourth-order valence-corrected chi connectivity index (χ4v) is 5.97. The van der Waals surface area contributed by atoms with Crippen LogP contribution in [0, 0.1) is 13.8 Å². The molecular formula is C26H28B2O4. The molecule has 0 amide bonds. The summed E-state index contributed by atoms with van der Waals surface area (Å²) in [5.41, 5.74) is 12.0. The highest BCUT2D eigenvalue weighted by molar-refractivity contribution is 6.59. The smallest absolute Gasteiger partial charge is 0.423 e. The van der Waals surface area contributed by atoms with Crippen LogP contribution < -0.4 is 10.9 Å². The van der Waals surface area contributed by atoms with Crippen molar-refractivity contribution in [2.75, 3.05) is 0 Å². The molecule has 0 fully saturated rings. The van der Waals surface area contributed by atoms with Crippen LogP contribution in [0.3, 0.4) is 0 Å². The zero-order chi connectivity index (χ0) is 23.3. The molecule has 162 valence electrons. The van der Waals surface area contributed by atoms with E-state index in [0.717, 1.165) is 22.3 Å². The first-order chi connectivity index (χ1) is 14.9. The highest BCUT2D eigenvalue weighted by Crippen LogP contribution is 2.56. The Hall–Kier alpha value is -2.37. The lowest BCUT2D eigenvalue weighted by Crippen LogP contribution is -2.31. The summed E-state index contributed by atoms with van der Waals surface area (Å²) < 4.78 is 0. The van der Waals surface area contributed by atoms with Gasteiger partial charge in [-0.05, 0) is 92.5 Å². The first kappa shape index (κ1) is 21.5. The van der Waals surface area contributed by atoms with Gasteiger partial charge in [-0.2, -0.15) is 0 Å². The van der Waals surface area contributed by atoms with Gasteiger partial charge in [-0.25, -0.2) is 0 Å². The Kier molecular flexibility index (Phi) is 4.42. The second-order valence-corrected chi connectivity index (χ2v) is 10.5. The molecule has 5 rings (SSSR count). The van der Waals surface area contributed by atoms with E-state index >= 15 is 0 Å². The summed E-state index contributed by atoms with van der Waals surface area (Å²) in [5, 5.41) is 39.2. The molecule has 32 heavy (non-hydrogen) atoms. The van der Waals surface area contributed by atoms with Crippen LogP contribution >= 0.6 is 0 Å². The summed E-state index contributed by atoms with van der Waals surface area (Å²) in [4.78, 5) is 0. The van der Waals surface area contributed by atoms with E-state index in [9.17, 15) is 20.1 Å². The van der Waals surface area contributed by atoms with Gasteiger partial charge >= 0.3 is 14.2 Å². The van der Waals surface area contributed by atoms with Gasteiger partial charge in [-0.15, -0.1) is 0 Å². The van der Waals surface area contributed by atoms with Gasteiger partial charge in [0.2, 0.25) is 0 Å². The molecule has 0 spiro atoms.